The standard InChI is InChI=1S/C29H37N5O5S/c1-18(35)32-14-23-26-19(10-13-34(23)28(37)22-8-4-3-7-21(22)27(36)30-2)6-5-9-24(26)39-20-11-12-33(16-20)29(38)25-15-31-17-40-25/h5-6,9,15,17,20-23H,3-4,7-8,10-14,16H2,1-2H3,(H,30,36)(H,32,35)/t20-,21?,22+,23+/m0/s1. The van der Waals surface area contributed by atoms with Gasteiger partial charge in [-0.2, -0.15) is 0 Å². The molecule has 4 amide bonds. The van der Waals surface area contributed by atoms with Crippen molar-refractivity contribution in [3.05, 3.63) is 45.9 Å². The first kappa shape index (κ1) is 28.1. The van der Waals surface area contributed by atoms with Gasteiger partial charge in [0.2, 0.25) is 17.7 Å². The fourth-order valence-corrected chi connectivity index (χ4v) is 6.95. The monoisotopic (exact) mass is 567 g/mol. The minimum absolute atomic E-state index is 0.0358. The van der Waals surface area contributed by atoms with Crippen LogP contribution in [0, 0.1) is 11.8 Å². The van der Waals surface area contributed by atoms with E-state index in [9.17, 15) is 19.2 Å². The molecule has 40 heavy (non-hydrogen) atoms. The molecular weight excluding hydrogens is 530 g/mol. The molecule has 1 aromatic carbocycles. The number of nitrogens with zero attached hydrogens (tertiary/aromatic N) is 3. The van der Waals surface area contributed by atoms with Crippen molar-refractivity contribution in [2.45, 2.75) is 57.6 Å². The van der Waals surface area contributed by atoms with Gasteiger partial charge in [-0.1, -0.05) is 25.0 Å². The predicted octanol–water partition coefficient (Wildman–Crippen LogP) is 2.55. The number of hydrogen-bond acceptors (Lipinski definition) is 7. The molecular formula is C29H37N5O5S. The van der Waals surface area contributed by atoms with Crippen LogP contribution in [0.5, 0.6) is 5.75 Å². The molecule has 11 heteroatoms. The fraction of sp³-hybridized carbons (Fsp3) is 0.552. The van der Waals surface area contributed by atoms with E-state index in [1.807, 2.05) is 23.1 Å². The van der Waals surface area contributed by atoms with Gasteiger partial charge in [0, 0.05) is 57.4 Å². The Morgan fingerprint density at radius 1 is 1.10 bits per heavy atom. The normalized spacial score (nSPS) is 24.2. The average Bonchev–Trinajstić information content (AvgIpc) is 3.68. The van der Waals surface area contributed by atoms with E-state index in [-0.39, 0.29) is 48.1 Å². The van der Waals surface area contributed by atoms with Crippen LogP contribution in [0.3, 0.4) is 0 Å². The Morgan fingerprint density at radius 3 is 2.62 bits per heavy atom. The first-order valence-electron chi connectivity index (χ1n) is 14.1. The smallest absolute Gasteiger partial charge is 0.265 e. The Bertz CT molecular complexity index is 1250. The van der Waals surface area contributed by atoms with Crippen molar-refractivity contribution in [1.82, 2.24) is 25.4 Å². The molecule has 1 saturated heterocycles. The van der Waals surface area contributed by atoms with Gasteiger partial charge in [0.15, 0.2) is 0 Å². The summed E-state index contributed by atoms with van der Waals surface area (Å²) in [6.07, 6.45) is 5.98. The van der Waals surface area contributed by atoms with Crippen LogP contribution >= 0.6 is 11.3 Å². The van der Waals surface area contributed by atoms with Gasteiger partial charge < -0.3 is 25.2 Å². The van der Waals surface area contributed by atoms with Crippen molar-refractivity contribution < 1.29 is 23.9 Å². The number of benzene rings is 1. The van der Waals surface area contributed by atoms with Crippen LogP contribution in [0.1, 0.15) is 65.9 Å². The average molecular weight is 568 g/mol. The lowest BCUT2D eigenvalue weighted by Gasteiger charge is -2.42. The van der Waals surface area contributed by atoms with E-state index in [0.29, 0.717) is 55.9 Å². The SMILES string of the molecule is CNC(=O)C1CCCC[C@H]1C(=O)N1CCc2cccc(O[C@H]3CCN(C(=O)c4cncs4)C3)c2[C@H]1CNC(C)=O. The number of ether oxygens (including phenoxy) is 1. The first-order chi connectivity index (χ1) is 19.4. The number of fused-ring (bicyclic) bond motifs is 1. The molecule has 1 aromatic heterocycles. The zero-order chi connectivity index (χ0) is 28.2. The number of carbonyl (C=O) groups excluding carboxylic acids is 4. The van der Waals surface area contributed by atoms with Crippen LogP contribution in [0.4, 0.5) is 0 Å². The molecule has 3 aliphatic rings. The lowest BCUT2D eigenvalue weighted by atomic mass is 9.77. The van der Waals surface area contributed by atoms with Crippen molar-refractivity contribution >= 4 is 35.0 Å². The number of nitrogens with one attached hydrogen (secondary N) is 2. The van der Waals surface area contributed by atoms with E-state index < -0.39 is 6.04 Å². The molecule has 2 N–H and O–H groups in total. The molecule has 2 aliphatic heterocycles. The van der Waals surface area contributed by atoms with E-state index >= 15 is 0 Å². The number of likely N-dealkylation sites (tertiary alicyclic amines) is 1. The van der Waals surface area contributed by atoms with Crippen molar-refractivity contribution in [3.63, 3.8) is 0 Å². The van der Waals surface area contributed by atoms with Gasteiger partial charge in [-0.25, -0.2) is 0 Å². The Hall–Kier alpha value is -3.47. The molecule has 2 aromatic rings. The molecule has 4 atom stereocenters. The summed E-state index contributed by atoms with van der Waals surface area (Å²) in [7, 11) is 1.62. The highest BCUT2D eigenvalue weighted by Crippen LogP contribution is 2.40. The molecule has 0 bridgehead atoms. The third-order valence-corrected chi connectivity index (χ3v) is 9.11. The van der Waals surface area contributed by atoms with Crippen LogP contribution in [-0.4, -0.2) is 77.7 Å². The molecule has 214 valence electrons. The largest absolute Gasteiger partial charge is 0.488 e. The Morgan fingerprint density at radius 2 is 1.90 bits per heavy atom. The molecule has 1 saturated carbocycles. The van der Waals surface area contributed by atoms with Crippen molar-refractivity contribution in [2.75, 3.05) is 33.2 Å². The van der Waals surface area contributed by atoms with E-state index in [4.69, 9.17) is 4.74 Å². The van der Waals surface area contributed by atoms with Crippen molar-refractivity contribution in [1.29, 1.82) is 0 Å². The van der Waals surface area contributed by atoms with Gasteiger partial charge in [0.1, 0.15) is 16.7 Å². The quantitative estimate of drug-likeness (QED) is 0.531. The van der Waals surface area contributed by atoms with Crippen molar-refractivity contribution in [3.8, 4) is 5.75 Å². The molecule has 1 aliphatic carbocycles. The number of amides is 4. The maximum atomic E-state index is 14.1. The van der Waals surface area contributed by atoms with Gasteiger partial charge in [-0.3, -0.25) is 24.2 Å². The summed E-state index contributed by atoms with van der Waals surface area (Å²) in [6.45, 7) is 3.30. The number of aromatic nitrogens is 1. The summed E-state index contributed by atoms with van der Waals surface area (Å²) in [5, 5.41) is 5.66. The van der Waals surface area contributed by atoms with E-state index in [2.05, 4.69) is 15.6 Å². The highest BCUT2D eigenvalue weighted by Gasteiger charge is 2.42. The van der Waals surface area contributed by atoms with Gasteiger partial charge >= 0.3 is 0 Å². The molecule has 10 nitrogen and oxygen atoms in total. The second kappa shape index (κ2) is 12.4. The Kier molecular flexibility index (Phi) is 8.68. The lowest BCUT2D eigenvalue weighted by molar-refractivity contribution is -0.146. The Balaban J connectivity index is 1.39. The van der Waals surface area contributed by atoms with E-state index in [1.165, 1.54) is 18.3 Å². The number of hydrogen-bond donors (Lipinski definition) is 2. The molecule has 5 rings (SSSR count). The summed E-state index contributed by atoms with van der Waals surface area (Å²) in [5.74, 6) is -0.392. The molecule has 0 spiro atoms. The molecule has 0 radical (unpaired) electrons. The van der Waals surface area contributed by atoms with E-state index in [0.717, 1.165) is 24.0 Å². The van der Waals surface area contributed by atoms with Crippen LogP contribution < -0.4 is 15.4 Å². The van der Waals surface area contributed by atoms with E-state index in [1.54, 1.807) is 23.7 Å². The minimum Gasteiger partial charge on any atom is -0.488 e. The zero-order valence-electron chi connectivity index (χ0n) is 23.1. The summed E-state index contributed by atoms with van der Waals surface area (Å²) in [6, 6.07) is 5.50. The highest BCUT2D eigenvalue weighted by molar-refractivity contribution is 7.11. The summed E-state index contributed by atoms with van der Waals surface area (Å²) in [5.41, 5.74) is 3.63. The first-order valence-corrected chi connectivity index (χ1v) is 15.0. The lowest BCUT2D eigenvalue weighted by Crippen LogP contribution is -2.50. The zero-order valence-corrected chi connectivity index (χ0v) is 23.9. The summed E-state index contributed by atoms with van der Waals surface area (Å²) >= 11 is 1.33. The summed E-state index contributed by atoms with van der Waals surface area (Å²) in [4.78, 5) is 59.8. The van der Waals surface area contributed by atoms with Crippen LogP contribution in [-0.2, 0) is 20.8 Å². The van der Waals surface area contributed by atoms with Gasteiger partial charge in [0.05, 0.1) is 24.3 Å². The van der Waals surface area contributed by atoms with Gasteiger partial charge in [-0.15, -0.1) is 11.3 Å². The second-order valence-corrected chi connectivity index (χ2v) is 11.7. The van der Waals surface area contributed by atoms with Gasteiger partial charge in [-0.05, 0) is 30.9 Å². The third-order valence-electron chi connectivity index (χ3n) is 8.35. The molecule has 1 unspecified atom stereocenters. The highest BCUT2D eigenvalue weighted by atomic mass is 32.1. The topological polar surface area (TPSA) is 121 Å². The van der Waals surface area contributed by atoms with Crippen LogP contribution in [0.25, 0.3) is 0 Å². The Labute approximate surface area is 238 Å². The van der Waals surface area contributed by atoms with Crippen LogP contribution in [0.2, 0.25) is 0 Å². The fourth-order valence-electron chi connectivity index (χ4n) is 6.36. The predicted molar refractivity (Wildman–Crippen MR) is 150 cm³/mol. The maximum absolute atomic E-state index is 14.1. The second-order valence-electron chi connectivity index (χ2n) is 10.8. The maximum Gasteiger partial charge on any atom is 0.265 e. The number of thiazole rings is 1. The molecule has 3 heterocycles. The third kappa shape index (κ3) is 5.84. The van der Waals surface area contributed by atoms with Crippen molar-refractivity contribution in [2.24, 2.45) is 11.8 Å². The van der Waals surface area contributed by atoms with Gasteiger partial charge in [0.25, 0.3) is 5.91 Å². The number of carbonyl (C=O) groups is 4. The molecule has 2 fully saturated rings. The number of rotatable bonds is 7. The summed E-state index contributed by atoms with van der Waals surface area (Å²) < 4.78 is 6.54. The minimum atomic E-state index is -0.417. The van der Waals surface area contributed by atoms with Crippen LogP contribution in [0.15, 0.2) is 29.9 Å².